The Bertz CT molecular complexity index is 940. The topological polar surface area (TPSA) is 78.1 Å². The van der Waals surface area contributed by atoms with Crippen molar-refractivity contribution in [1.29, 1.82) is 0 Å². The molecule has 2 N–H and O–H groups in total. The maximum atomic E-state index is 13.5. The molecule has 0 saturated heterocycles. The van der Waals surface area contributed by atoms with E-state index in [1.807, 2.05) is 24.3 Å². The lowest BCUT2D eigenvalue weighted by Gasteiger charge is -2.32. The number of hydrogen-bond donors (Lipinski definition) is 2. The smallest absolute Gasteiger partial charge is 0.303 e. The van der Waals surface area contributed by atoms with Crippen LogP contribution in [-0.2, 0) is 15.0 Å². The first-order chi connectivity index (χ1) is 14.8. The van der Waals surface area contributed by atoms with Crippen LogP contribution in [0, 0.1) is 11.8 Å². The van der Waals surface area contributed by atoms with E-state index in [1.54, 1.807) is 19.3 Å². The molecule has 1 atom stereocenters. The van der Waals surface area contributed by atoms with Gasteiger partial charge in [-0.05, 0) is 48.8 Å². The number of carbonyl (C=O) groups is 2. The highest BCUT2D eigenvalue weighted by atomic mass is 16.2. The minimum atomic E-state index is -0.852. The molecule has 6 nitrogen and oxygen atoms in total. The highest BCUT2D eigenvalue weighted by molar-refractivity contribution is 6.10. The van der Waals surface area contributed by atoms with Crippen LogP contribution in [0.5, 0.6) is 0 Å². The van der Waals surface area contributed by atoms with Gasteiger partial charge < -0.3 is 5.32 Å². The van der Waals surface area contributed by atoms with E-state index in [2.05, 4.69) is 48.1 Å². The number of benzene rings is 1. The molecule has 6 heteroatoms. The molecular formula is C25H32N4O2. The Labute approximate surface area is 184 Å². The van der Waals surface area contributed by atoms with Crippen molar-refractivity contribution in [3.8, 4) is 11.8 Å². The minimum Gasteiger partial charge on any atom is -0.351 e. The number of rotatable bonds is 5. The Morgan fingerprint density at radius 2 is 1.84 bits per heavy atom. The Morgan fingerprint density at radius 1 is 1.16 bits per heavy atom. The summed E-state index contributed by atoms with van der Waals surface area (Å²) >= 11 is 0. The van der Waals surface area contributed by atoms with Crippen LogP contribution >= 0.6 is 0 Å². The van der Waals surface area contributed by atoms with E-state index >= 15 is 0 Å². The molecule has 1 aliphatic carbocycles. The van der Waals surface area contributed by atoms with Gasteiger partial charge in [0.25, 0.3) is 0 Å². The van der Waals surface area contributed by atoms with E-state index in [1.165, 1.54) is 11.3 Å². The second kappa shape index (κ2) is 9.82. The Kier molecular flexibility index (Phi) is 7.17. The average Bonchev–Trinajstić information content (AvgIpc) is 3.26. The van der Waals surface area contributed by atoms with Gasteiger partial charge in [0.2, 0.25) is 5.91 Å². The third-order valence-electron chi connectivity index (χ3n) is 5.76. The summed E-state index contributed by atoms with van der Waals surface area (Å²) in [6.07, 6.45) is 8.61. The molecule has 2 aromatic rings. The number of amides is 2. The van der Waals surface area contributed by atoms with Crippen LogP contribution in [0.15, 0.2) is 36.7 Å². The van der Waals surface area contributed by atoms with Crippen molar-refractivity contribution >= 4 is 17.5 Å². The van der Waals surface area contributed by atoms with Crippen molar-refractivity contribution in [2.24, 2.45) is 0 Å². The van der Waals surface area contributed by atoms with E-state index in [-0.39, 0.29) is 17.4 Å². The molecule has 31 heavy (non-hydrogen) atoms. The van der Waals surface area contributed by atoms with Crippen LogP contribution in [0.1, 0.15) is 77.0 Å². The lowest BCUT2D eigenvalue weighted by Crippen LogP contribution is -2.47. The quantitative estimate of drug-likeness (QED) is 0.710. The molecule has 3 rings (SSSR count). The van der Waals surface area contributed by atoms with Crippen molar-refractivity contribution in [1.82, 2.24) is 15.5 Å². The fourth-order valence-electron chi connectivity index (χ4n) is 4.03. The SMILES string of the molecule is CC#CC(=O)N(c1ccc(C(C)(C)C)cc1)C(C(=O)NC1CCCCC1)c1cn[nH]c1. The largest absolute Gasteiger partial charge is 0.351 e. The maximum Gasteiger partial charge on any atom is 0.303 e. The first-order valence-corrected chi connectivity index (χ1v) is 11.0. The summed E-state index contributed by atoms with van der Waals surface area (Å²) in [5.74, 6) is 4.66. The highest BCUT2D eigenvalue weighted by Crippen LogP contribution is 2.31. The van der Waals surface area contributed by atoms with E-state index in [9.17, 15) is 9.59 Å². The fraction of sp³-hybridized carbons (Fsp3) is 0.480. The first-order valence-electron chi connectivity index (χ1n) is 11.0. The van der Waals surface area contributed by atoms with Crippen LogP contribution in [0.2, 0.25) is 0 Å². The molecule has 1 saturated carbocycles. The van der Waals surface area contributed by atoms with Crippen molar-refractivity contribution in [2.75, 3.05) is 4.90 Å². The lowest BCUT2D eigenvalue weighted by atomic mass is 9.87. The maximum absolute atomic E-state index is 13.5. The predicted octanol–water partition coefficient (Wildman–Crippen LogP) is 4.25. The van der Waals surface area contributed by atoms with Crippen LogP contribution in [-0.4, -0.2) is 28.1 Å². The van der Waals surface area contributed by atoms with Gasteiger partial charge in [0, 0.05) is 23.5 Å². The zero-order valence-electron chi connectivity index (χ0n) is 18.9. The molecule has 0 spiro atoms. The molecule has 0 aliphatic heterocycles. The standard InChI is InChI=1S/C25H32N4O2/c1-5-9-22(30)29(21-14-12-19(13-15-21)25(2,3)4)23(18-16-26-27-17-18)24(31)28-20-10-7-6-8-11-20/h12-17,20,23H,6-8,10-11H2,1-4H3,(H,26,27)(H,28,31). The Balaban J connectivity index is 2.00. The van der Waals surface area contributed by atoms with E-state index in [0.717, 1.165) is 31.2 Å². The van der Waals surface area contributed by atoms with Crippen molar-refractivity contribution in [2.45, 2.75) is 77.3 Å². The van der Waals surface area contributed by atoms with Crippen LogP contribution < -0.4 is 10.2 Å². The number of hydrogen-bond acceptors (Lipinski definition) is 3. The van der Waals surface area contributed by atoms with Gasteiger partial charge in [0.05, 0.1) is 6.20 Å². The van der Waals surface area contributed by atoms with E-state index in [0.29, 0.717) is 11.3 Å². The summed E-state index contributed by atoms with van der Waals surface area (Å²) in [6.45, 7) is 8.03. The third-order valence-corrected chi connectivity index (χ3v) is 5.76. The van der Waals surface area contributed by atoms with Gasteiger partial charge in [-0.15, -0.1) is 0 Å². The van der Waals surface area contributed by atoms with Gasteiger partial charge in [-0.3, -0.25) is 19.6 Å². The molecule has 0 radical (unpaired) electrons. The number of H-pyrrole nitrogens is 1. The highest BCUT2D eigenvalue weighted by Gasteiger charge is 2.34. The van der Waals surface area contributed by atoms with Crippen LogP contribution in [0.25, 0.3) is 0 Å². The van der Waals surface area contributed by atoms with E-state index < -0.39 is 11.9 Å². The molecule has 1 heterocycles. The second-order valence-corrected chi connectivity index (χ2v) is 9.12. The number of nitrogens with one attached hydrogen (secondary N) is 2. The van der Waals surface area contributed by atoms with Gasteiger partial charge in [-0.25, -0.2) is 0 Å². The summed E-state index contributed by atoms with van der Waals surface area (Å²) in [4.78, 5) is 28.0. The zero-order valence-corrected chi connectivity index (χ0v) is 18.9. The minimum absolute atomic E-state index is 0.0150. The third kappa shape index (κ3) is 5.55. The van der Waals surface area contributed by atoms with Crippen LogP contribution in [0.3, 0.4) is 0 Å². The molecule has 1 aliphatic rings. The molecular weight excluding hydrogens is 388 g/mol. The summed E-state index contributed by atoms with van der Waals surface area (Å²) in [7, 11) is 0. The van der Waals surface area contributed by atoms with Gasteiger partial charge >= 0.3 is 5.91 Å². The zero-order chi connectivity index (χ0) is 22.4. The molecule has 1 unspecified atom stereocenters. The molecule has 0 bridgehead atoms. The van der Waals surface area contributed by atoms with Crippen LogP contribution in [0.4, 0.5) is 5.69 Å². The lowest BCUT2D eigenvalue weighted by molar-refractivity contribution is -0.125. The molecule has 1 fully saturated rings. The van der Waals surface area contributed by atoms with Crippen molar-refractivity contribution < 1.29 is 9.59 Å². The van der Waals surface area contributed by atoms with Gasteiger partial charge in [0.1, 0.15) is 6.04 Å². The van der Waals surface area contributed by atoms with Crippen molar-refractivity contribution in [3.05, 3.63) is 47.8 Å². The molecule has 1 aromatic carbocycles. The number of nitrogens with zero attached hydrogens (tertiary/aromatic N) is 2. The summed E-state index contributed by atoms with van der Waals surface area (Å²) in [5.41, 5.74) is 2.39. The van der Waals surface area contributed by atoms with Gasteiger partial charge in [-0.1, -0.05) is 58.1 Å². The Morgan fingerprint density at radius 3 is 2.39 bits per heavy atom. The molecule has 2 amide bonds. The molecule has 164 valence electrons. The fourth-order valence-corrected chi connectivity index (χ4v) is 4.03. The monoisotopic (exact) mass is 420 g/mol. The first kappa shape index (κ1) is 22.6. The average molecular weight is 421 g/mol. The van der Waals surface area contributed by atoms with Gasteiger partial charge in [0.15, 0.2) is 0 Å². The van der Waals surface area contributed by atoms with Gasteiger partial charge in [-0.2, -0.15) is 5.10 Å². The van der Waals surface area contributed by atoms with E-state index in [4.69, 9.17) is 0 Å². The number of aromatic amines is 1. The van der Waals surface area contributed by atoms with Crippen molar-refractivity contribution in [3.63, 3.8) is 0 Å². The number of aromatic nitrogens is 2. The number of anilines is 1. The normalized spacial score (nSPS) is 15.5. The molecule has 1 aromatic heterocycles. The summed E-state index contributed by atoms with van der Waals surface area (Å²) in [6, 6.07) is 7.05. The predicted molar refractivity (Wildman–Crippen MR) is 122 cm³/mol. The second-order valence-electron chi connectivity index (χ2n) is 9.12. The number of carbonyl (C=O) groups excluding carboxylic acids is 2. The Hall–Kier alpha value is -3.07. The summed E-state index contributed by atoms with van der Waals surface area (Å²) < 4.78 is 0. The summed E-state index contributed by atoms with van der Waals surface area (Å²) in [5, 5.41) is 9.96.